The quantitative estimate of drug-likeness (QED) is 0.200. The van der Waals surface area contributed by atoms with Gasteiger partial charge in [-0.05, 0) is 101 Å². The van der Waals surface area contributed by atoms with Crippen molar-refractivity contribution in [1.29, 1.82) is 0 Å². The average molecular weight is 534 g/mol. The van der Waals surface area contributed by atoms with Gasteiger partial charge >= 0.3 is 5.97 Å². The van der Waals surface area contributed by atoms with E-state index in [-0.39, 0.29) is 16.7 Å². The summed E-state index contributed by atoms with van der Waals surface area (Å²) in [5.41, 5.74) is 5.24. The lowest BCUT2D eigenvalue weighted by atomic mass is 9.67. The first-order valence-electron chi connectivity index (χ1n) is 11.8. The van der Waals surface area contributed by atoms with E-state index >= 15 is 4.39 Å². The number of halogens is 2. The molecule has 0 aromatic heterocycles. The predicted molar refractivity (Wildman–Crippen MR) is 144 cm³/mol. The first-order valence-corrected chi connectivity index (χ1v) is 12.6. The van der Waals surface area contributed by atoms with Crippen LogP contribution < -0.4 is 4.74 Å². The van der Waals surface area contributed by atoms with Crippen molar-refractivity contribution in [3.63, 3.8) is 0 Å². The molecule has 5 heteroatoms. The summed E-state index contributed by atoms with van der Waals surface area (Å²) in [6, 6.07) is 2.08. The van der Waals surface area contributed by atoms with Crippen LogP contribution >= 0.6 is 15.9 Å². The van der Waals surface area contributed by atoms with E-state index in [1.807, 2.05) is 6.92 Å². The highest BCUT2D eigenvalue weighted by Crippen LogP contribution is 2.52. The molecule has 0 fully saturated rings. The first-order chi connectivity index (χ1) is 15.7. The summed E-state index contributed by atoms with van der Waals surface area (Å²) < 4.78 is 27.2. The molecule has 0 saturated carbocycles. The third kappa shape index (κ3) is 6.29. The molecule has 34 heavy (non-hydrogen) atoms. The summed E-state index contributed by atoms with van der Waals surface area (Å²) in [6.45, 7) is 19.0. The largest absolute Gasteiger partial charge is 0.492 e. The van der Waals surface area contributed by atoms with Crippen LogP contribution in [0.1, 0.15) is 85.4 Å². The van der Waals surface area contributed by atoms with E-state index in [1.165, 1.54) is 23.3 Å². The Hall–Kier alpha value is -2.14. The van der Waals surface area contributed by atoms with Crippen LogP contribution in [0.4, 0.5) is 4.39 Å². The number of ether oxygens (including phenoxy) is 2. The van der Waals surface area contributed by atoms with Crippen molar-refractivity contribution >= 4 is 33.0 Å². The lowest BCUT2D eigenvalue weighted by molar-refractivity contribution is -0.137. The van der Waals surface area contributed by atoms with E-state index in [4.69, 9.17) is 9.47 Å². The van der Waals surface area contributed by atoms with Gasteiger partial charge in [0.25, 0.3) is 0 Å². The zero-order valence-electron chi connectivity index (χ0n) is 22.0. The minimum atomic E-state index is -0.438. The number of carbonyl (C=O) groups is 1. The van der Waals surface area contributed by atoms with Crippen LogP contribution in [0.25, 0.3) is 11.1 Å². The fraction of sp³-hybridized carbons (Fsp3) is 0.483. The van der Waals surface area contributed by atoms with Crippen molar-refractivity contribution < 1.29 is 18.7 Å². The van der Waals surface area contributed by atoms with Crippen LogP contribution in [0.15, 0.2) is 46.2 Å². The Bertz CT molecular complexity index is 1070. The minimum absolute atomic E-state index is 0.0554. The monoisotopic (exact) mass is 532 g/mol. The third-order valence-corrected chi connectivity index (χ3v) is 6.75. The lowest BCUT2D eigenvalue weighted by Crippen LogP contribution is -2.26. The van der Waals surface area contributed by atoms with Crippen molar-refractivity contribution in [2.24, 2.45) is 5.41 Å². The number of benzene rings is 1. The van der Waals surface area contributed by atoms with Crippen LogP contribution in [-0.4, -0.2) is 19.2 Å². The zero-order valence-corrected chi connectivity index (χ0v) is 23.6. The maximum Gasteiger partial charge on any atom is 0.330 e. The molecule has 0 saturated heterocycles. The maximum atomic E-state index is 15.4. The van der Waals surface area contributed by atoms with E-state index in [9.17, 15) is 4.79 Å². The molecule has 0 unspecified atom stereocenters. The molecule has 0 heterocycles. The third-order valence-electron chi connectivity index (χ3n) is 5.99. The summed E-state index contributed by atoms with van der Waals surface area (Å²) in [5, 5.41) is 0. The number of esters is 1. The van der Waals surface area contributed by atoms with Crippen molar-refractivity contribution in [1.82, 2.24) is 0 Å². The van der Waals surface area contributed by atoms with Crippen molar-refractivity contribution in [2.45, 2.75) is 74.1 Å². The normalized spacial score (nSPS) is 16.7. The second-order valence-electron chi connectivity index (χ2n) is 10.3. The fourth-order valence-corrected chi connectivity index (χ4v) is 5.30. The predicted octanol–water partition coefficient (Wildman–Crippen LogP) is 8.72. The van der Waals surface area contributed by atoms with Crippen LogP contribution in [0.2, 0.25) is 0 Å². The maximum absolute atomic E-state index is 15.4. The summed E-state index contributed by atoms with van der Waals surface area (Å²) in [7, 11) is 0. The molecule has 186 valence electrons. The highest BCUT2D eigenvalue weighted by Gasteiger charge is 2.36. The average Bonchev–Trinajstić information content (AvgIpc) is 2.71. The van der Waals surface area contributed by atoms with E-state index < -0.39 is 5.97 Å². The van der Waals surface area contributed by atoms with E-state index in [2.05, 4.69) is 62.7 Å². The number of hydrogen-bond acceptors (Lipinski definition) is 3. The molecular weight excluding hydrogens is 495 g/mol. The molecule has 0 bridgehead atoms. The topological polar surface area (TPSA) is 35.5 Å². The SMILES string of the molecule is CCOC(=O)C=C(C)C=CC(F)=C(C)c1cc2c(c(Br)c1OCC)C(C)(C)CC=C2C(C)(C)C. The van der Waals surface area contributed by atoms with Crippen LogP contribution in [0.5, 0.6) is 5.75 Å². The molecule has 0 spiro atoms. The molecule has 0 atom stereocenters. The van der Waals surface area contributed by atoms with Gasteiger partial charge in [-0.25, -0.2) is 9.18 Å². The van der Waals surface area contributed by atoms with Gasteiger partial charge in [0.15, 0.2) is 0 Å². The lowest BCUT2D eigenvalue weighted by Gasteiger charge is -2.38. The van der Waals surface area contributed by atoms with Gasteiger partial charge in [0.1, 0.15) is 11.6 Å². The molecule has 1 aliphatic rings. The number of rotatable bonds is 7. The van der Waals surface area contributed by atoms with Crippen LogP contribution in [0.3, 0.4) is 0 Å². The van der Waals surface area contributed by atoms with Gasteiger partial charge in [0.05, 0.1) is 17.7 Å². The molecule has 0 amide bonds. The summed E-state index contributed by atoms with van der Waals surface area (Å²) in [5.74, 6) is -0.169. The van der Waals surface area contributed by atoms with Gasteiger partial charge in [-0.1, -0.05) is 46.8 Å². The smallest absolute Gasteiger partial charge is 0.330 e. The van der Waals surface area contributed by atoms with E-state index in [0.29, 0.717) is 30.1 Å². The molecule has 1 aliphatic carbocycles. The molecule has 0 N–H and O–H groups in total. The van der Waals surface area contributed by atoms with E-state index in [0.717, 1.165) is 22.0 Å². The molecule has 1 aromatic rings. The van der Waals surface area contributed by atoms with Gasteiger partial charge in [0.2, 0.25) is 0 Å². The molecule has 0 aliphatic heterocycles. The Balaban J connectivity index is 2.69. The van der Waals surface area contributed by atoms with Crippen molar-refractivity contribution in [2.75, 3.05) is 13.2 Å². The Morgan fingerprint density at radius 2 is 1.82 bits per heavy atom. The Kier molecular flexibility index (Phi) is 9.15. The van der Waals surface area contributed by atoms with Gasteiger partial charge in [-0.15, -0.1) is 0 Å². The zero-order chi connectivity index (χ0) is 25.8. The van der Waals surface area contributed by atoms with Gasteiger partial charge < -0.3 is 9.47 Å². The van der Waals surface area contributed by atoms with E-state index in [1.54, 1.807) is 26.8 Å². The highest BCUT2D eigenvalue weighted by atomic mass is 79.9. The Labute approximate surface area is 212 Å². The van der Waals surface area contributed by atoms with Gasteiger partial charge in [0, 0.05) is 11.6 Å². The second-order valence-corrected chi connectivity index (χ2v) is 11.1. The summed E-state index contributed by atoms with van der Waals surface area (Å²) in [4.78, 5) is 11.6. The molecular formula is C29H38BrFO3. The number of allylic oxidation sites excluding steroid dienone is 7. The Morgan fingerprint density at radius 3 is 2.38 bits per heavy atom. The minimum Gasteiger partial charge on any atom is -0.492 e. The van der Waals surface area contributed by atoms with Gasteiger partial charge in [-0.2, -0.15) is 0 Å². The van der Waals surface area contributed by atoms with Crippen molar-refractivity contribution in [3.8, 4) is 5.75 Å². The molecule has 2 rings (SSSR count). The van der Waals surface area contributed by atoms with Crippen LogP contribution in [0, 0.1) is 5.41 Å². The molecule has 1 aromatic carbocycles. The van der Waals surface area contributed by atoms with Gasteiger partial charge in [-0.3, -0.25) is 0 Å². The molecule has 0 radical (unpaired) electrons. The molecule has 3 nitrogen and oxygen atoms in total. The number of hydrogen-bond donors (Lipinski definition) is 0. The van der Waals surface area contributed by atoms with Crippen molar-refractivity contribution in [3.05, 3.63) is 62.9 Å². The Morgan fingerprint density at radius 1 is 1.18 bits per heavy atom. The summed E-state index contributed by atoms with van der Waals surface area (Å²) >= 11 is 3.83. The highest BCUT2D eigenvalue weighted by molar-refractivity contribution is 9.10. The number of carbonyl (C=O) groups excluding carboxylic acids is 1. The standard InChI is InChI=1S/C29H38BrFO3/c1-10-33-24(32)16-18(3)12-13-23(31)19(4)20-17-21-22(28(5,6)7)14-15-29(8,9)25(21)26(30)27(20)34-11-2/h12-14,16-17H,10-11,15H2,1-9H3. The first kappa shape index (κ1) is 28.1. The summed E-state index contributed by atoms with van der Waals surface area (Å²) in [6.07, 6.45) is 7.55. The fourth-order valence-electron chi connectivity index (χ4n) is 4.23. The van der Waals surface area contributed by atoms with Crippen LogP contribution in [-0.2, 0) is 14.9 Å². The second kappa shape index (κ2) is 11.1. The number of fused-ring (bicyclic) bond motifs is 1.